The number of halogens is 1. The van der Waals surface area contributed by atoms with Crippen molar-refractivity contribution in [2.45, 2.75) is 25.2 Å². The average molecular weight is 522 g/mol. The number of rotatable bonds is 7. The van der Waals surface area contributed by atoms with Gasteiger partial charge in [-0.05, 0) is 35.2 Å². The molecule has 3 aromatic rings. The minimum absolute atomic E-state index is 0.147. The van der Waals surface area contributed by atoms with Gasteiger partial charge in [0.05, 0.1) is 36.4 Å². The average Bonchev–Trinajstić information content (AvgIpc) is 2.88. The molecule has 1 aromatic carbocycles. The van der Waals surface area contributed by atoms with Gasteiger partial charge in [-0.1, -0.05) is 49.7 Å². The number of carbonyl (C=O) groups excluding carboxylic acids is 3. The van der Waals surface area contributed by atoms with Crippen LogP contribution in [0.4, 0.5) is 11.4 Å². The van der Waals surface area contributed by atoms with Gasteiger partial charge in [-0.3, -0.25) is 9.59 Å². The smallest absolute Gasteiger partial charge is 0.356 e. The Balaban J connectivity index is 1.70. The van der Waals surface area contributed by atoms with E-state index in [1.807, 2.05) is 29.2 Å². The summed E-state index contributed by atoms with van der Waals surface area (Å²) in [7, 11) is 2.81. The third-order valence-electron chi connectivity index (χ3n) is 6.55. The highest BCUT2D eigenvalue weighted by Gasteiger charge is 2.52. The zero-order valence-corrected chi connectivity index (χ0v) is 21.8. The number of aromatic nitrogens is 2. The van der Waals surface area contributed by atoms with Crippen molar-refractivity contribution in [1.82, 2.24) is 15.3 Å². The zero-order chi connectivity index (χ0) is 26.7. The van der Waals surface area contributed by atoms with E-state index in [4.69, 9.17) is 16.3 Å². The van der Waals surface area contributed by atoms with E-state index >= 15 is 0 Å². The fourth-order valence-corrected chi connectivity index (χ4v) is 4.71. The summed E-state index contributed by atoms with van der Waals surface area (Å²) in [5.41, 5.74) is 2.56. The number of pyridine rings is 2. The van der Waals surface area contributed by atoms with E-state index in [2.05, 4.69) is 34.4 Å². The van der Waals surface area contributed by atoms with Crippen molar-refractivity contribution in [2.24, 2.45) is 0 Å². The van der Waals surface area contributed by atoms with Crippen LogP contribution in [0.15, 0.2) is 54.9 Å². The van der Waals surface area contributed by atoms with Crippen molar-refractivity contribution in [3.8, 4) is 0 Å². The van der Waals surface area contributed by atoms with Crippen LogP contribution in [-0.2, 0) is 14.9 Å². The highest BCUT2D eigenvalue weighted by molar-refractivity contribution is 6.30. The lowest BCUT2D eigenvalue weighted by atomic mass is 9.69. The first kappa shape index (κ1) is 26.1. The molecule has 2 amide bonds. The summed E-state index contributed by atoms with van der Waals surface area (Å²) in [6.07, 6.45) is 2.98. The van der Waals surface area contributed by atoms with Crippen molar-refractivity contribution in [1.29, 1.82) is 0 Å². The quantitative estimate of drug-likeness (QED) is 0.359. The van der Waals surface area contributed by atoms with Crippen molar-refractivity contribution in [3.63, 3.8) is 0 Å². The normalized spacial score (nSPS) is 14.1. The molecule has 1 aliphatic rings. The molecule has 9 nitrogen and oxygen atoms in total. The zero-order valence-electron chi connectivity index (χ0n) is 21.0. The third-order valence-corrected chi connectivity index (χ3v) is 6.76. The number of nitrogens with one attached hydrogen (secondary N) is 2. The topological polar surface area (TPSA) is 114 Å². The standard InChI is InChI=1S/C27H28ClN5O4/c1-16(2)18-7-5-6-8-20(18)27(14-33(15-27)17-9-10-21(30-12-17)25(35)37-4)26(36)32-22-13-31-23(28)11-19(22)24(34)29-3/h5-13,16H,14-15H2,1-4H3,(H,29,34)(H,32,36). The van der Waals surface area contributed by atoms with Gasteiger partial charge in [0.2, 0.25) is 5.91 Å². The lowest BCUT2D eigenvalue weighted by molar-refractivity contribution is -0.122. The van der Waals surface area contributed by atoms with Crippen molar-refractivity contribution >= 4 is 40.8 Å². The van der Waals surface area contributed by atoms with Gasteiger partial charge < -0.3 is 20.3 Å². The molecule has 10 heteroatoms. The molecule has 1 fully saturated rings. The largest absolute Gasteiger partial charge is 0.464 e. The molecule has 4 rings (SSSR count). The minimum atomic E-state index is -0.901. The molecule has 192 valence electrons. The number of anilines is 2. The maximum Gasteiger partial charge on any atom is 0.356 e. The second-order valence-corrected chi connectivity index (χ2v) is 9.55. The first-order valence-electron chi connectivity index (χ1n) is 11.8. The summed E-state index contributed by atoms with van der Waals surface area (Å²) in [5, 5.41) is 5.65. The van der Waals surface area contributed by atoms with E-state index < -0.39 is 11.4 Å². The van der Waals surface area contributed by atoms with E-state index in [9.17, 15) is 14.4 Å². The number of nitrogens with zero attached hydrogens (tertiary/aromatic N) is 3. The van der Waals surface area contributed by atoms with E-state index in [1.54, 1.807) is 18.3 Å². The number of amides is 2. The molecule has 2 N–H and O–H groups in total. The Labute approximate surface area is 220 Å². The number of esters is 1. The molecule has 37 heavy (non-hydrogen) atoms. The first-order valence-corrected chi connectivity index (χ1v) is 12.2. The third kappa shape index (κ3) is 4.99. The van der Waals surface area contributed by atoms with Crippen LogP contribution in [0.5, 0.6) is 0 Å². The second-order valence-electron chi connectivity index (χ2n) is 9.16. The Morgan fingerprint density at radius 2 is 1.81 bits per heavy atom. The maximum atomic E-state index is 14.0. The van der Waals surface area contributed by atoms with E-state index in [-0.39, 0.29) is 39.8 Å². The first-order chi connectivity index (χ1) is 17.7. The van der Waals surface area contributed by atoms with E-state index in [0.29, 0.717) is 13.1 Å². The van der Waals surface area contributed by atoms with E-state index in [0.717, 1.165) is 16.8 Å². The summed E-state index contributed by atoms with van der Waals surface area (Å²) in [6.45, 7) is 4.92. The molecule has 0 aliphatic carbocycles. The highest BCUT2D eigenvalue weighted by atomic mass is 35.5. The van der Waals surface area contributed by atoms with Crippen LogP contribution in [-0.4, -0.2) is 55.0 Å². The molecule has 0 spiro atoms. The molecule has 0 atom stereocenters. The van der Waals surface area contributed by atoms with Crippen LogP contribution < -0.4 is 15.5 Å². The Kier molecular flexibility index (Phi) is 7.45. The maximum absolute atomic E-state index is 14.0. The van der Waals surface area contributed by atoms with Gasteiger partial charge in [0.25, 0.3) is 5.91 Å². The van der Waals surface area contributed by atoms with Gasteiger partial charge in [0.1, 0.15) is 16.3 Å². The van der Waals surface area contributed by atoms with Crippen LogP contribution in [0.1, 0.15) is 51.7 Å². The van der Waals surface area contributed by atoms with Crippen LogP contribution in [0, 0.1) is 0 Å². The van der Waals surface area contributed by atoms with Gasteiger partial charge in [0, 0.05) is 20.1 Å². The fraction of sp³-hybridized carbons (Fsp3) is 0.296. The lowest BCUT2D eigenvalue weighted by Gasteiger charge is -2.51. The Morgan fingerprint density at radius 3 is 2.43 bits per heavy atom. The number of hydrogen-bond acceptors (Lipinski definition) is 7. The van der Waals surface area contributed by atoms with E-state index in [1.165, 1.54) is 26.4 Å². The molecule has 2 aromatic heterocycles. The molecule has 3 heterocycles. The van der Waals surface area contributed by atoms with Gasteiger partial charge in [-0.15, -0.1) is 0 Å². The van der Waals surface area contributed by atoms with Crippen LogP contribution in [0.25, 0.3) is 0 Å². The number of benzene rings is 1. The van der Waals surface area contributed by atoms with Crippen LogP contribution in [0.3, 0.4) is 0 Å². The summed E-state index contributed by atoms with van der Waals surface area (Å²) < 4.78 is 4.72. The van der Waals surface area contributed by atoms with Gasteiger partial charge in [-0.25, -0.2) is 14.8 Å². The second kappa shape index (κ2) is 10.6. The van der Waals surface area contributed by atoms with Crippen molar-refractivity contribution in [2.75, 3.05) is 37.5 Å². The fourth-order valence-electron chi connectivity index (χ4n) is 4.55. The number of carbonyl (C=O) groups is 3. The summed E-state index contributed by atoms with van der Waals surface area (Å²) in [4.78, 5) is 48.5. The molecular weight excluding hydrogens is 494 g/mol. The monoisotopic (exact) mass is 521 g/mol. The number of methoxy groups -OCH3 is 1. The van der Waals surface area contributed by atoms with Gasteiger partial charge >= 0.3 is 5.97 Å². The number of ether oxygens (including phenoxy) is 1. The molecule has 0 unspecified atom stereocenters. The minimum Gasteiger partial charge on any atom is -0.464 e. The SMILES string of the molecule is CNC(=O)c1cc(Cl)ncc1NC(=O)C1(c2ccccc2C(C)C)CN(c2ccc(C(=O)OC)nc2)C1. The lowest BCUT2D eigenvalue weighted by Crippen LogP contribution is -2.65. The highest BCUT2D eigenvalue weighted by Crippen LogP contribution is 2.42. The number of hydrogen-bond donors (Lipinski definition) is 2. The van der Waals surface area contributed by atoms with Gasteiger partial charge in [-0.2, -0.15) is 0 Å². The molecule has 1 saturated heterocycles. The predicted molar refractivity (Wildman–Crippen MR) is 141 cm³/mol. The van der Waals surface area contributed by atoms with Crippen molar-refractivity contribution in [3.05, 3.63) is 82.4 Å². The van der Waals surface area contributed by atoms with Crippen molar-refractivity contribution < 1.29 is 19.1 Å². The summed E-state index contributed by atoms with van der Waals surface area (Å²) >= 11 is 6.02. The molecule has 1 aliphatic heterocycles. The Morgan fingerprint density at radius 1 is 1.08 bits per heavy atom. The Hall–Kier alpha value is -3.98. The Bertz CT molecular complexity index is 1340. The predicted octanol–water partition coefficient (Wildman–Crippen LogP) is 3.80. The molecule has 0 saturated carbocycles. The van der Waals surface area contributed by atoms with Crippen LogP contribution in [0.2, 0.25) is 5.15 Å². The molecule has 0 bridgehead atoms. The summed E-state index contributed by atoms with van der Waals surface area (Å²) in [6, 6.07) is 12.7. The molecule has 0 radical (unpaired) electrons. The summed E-state index contributed by atoms with van der Waals surface area (Å²) in [5.74, 6) is -0.971. The van der Waals surface area contributed by atoms with Gasteiger partial charge in [0.15, 0.2) is 0 Å². The molecular formula is C27H28ClN5O4. The van der Waals surface area contributed by atoms with Crippen LogP contribution >= 0.6 is 11.6 Å².